The molecule has 0 heterocycles. The molecule has 0 unspecified atom stereocenters. The number of ether oxygens (including phenoxy) is 2. The van der Waals surface area contributed by atoms with Crippen molar-refractivity contribution in [1.29, 1.82) is 0 Å². The SMILES string of the molecule is COc1ccc([N+](=O)[O-])cc1C(=O)NCCOc1ccc(C)cc1C. The molecule has 0 radical (unpaired) electrons. The molecule has 0 aliphatic carbocycles. The minimum Gasteiger partial charge on any atom is -0.496 e. The van der Waals surface area contributed by atoms with Crippen molar-refractivity contribution < 1.29 is 19.2 Å². The highest BCUT2D eigenvalue weighted by Crippen LogP contribution is 2.24. The summed E-state index contributed by atoms with van der Waals surface area (Å²) in [7, 11) is 1.40. The standard InChI is InChI=1S/C18H20N2O5/c1-12-4-6-16(13(2)10-12)25-9-8-19-18(21)15-11-14(20(22)23)5-7-17(15)24-3/h4-7,10-11H,8-9H2,1-3H3,(H,19,21). The zero-order chi connectivity index (χ0) is 18.4. The Kier molecular flexibility index (Phi) is 5.94. The zero-order valence-corrected chi connectivity index (χ0v) is 14.4. The van der Waals surface area contributed by atoms with Gasteiger partial charge in [0.05, 0.1) is 24.1 Å². The maximum atomic E-state index is 12.3. The summed E-state index contributed by atoms with van der Waals surface area (Å²) in [6.07, 6.45) is 0. The van der Waals surface area contributed by atoms with Gasteiger partial charge >= 0.3 is 0 Å². The number of nitrogens with one attached hydrogen (secondary N) is 1. The second-order valence-electron chi connectivity index (χ2n) is 5.52. The fourth-order valence-corrected chi connectivity index (χ4v) is 2.37. The molecule has 2 aromatic carbocycles. The van der Waals surface area contributed by atoms with Gasteiger partial charge in [-0.1, -0.05) is 17.7 Å². The fraction of sp³-hybridized carbons (Fsp3) is 0.278. The lowest BCUT2D eigenvalue weighted by Gasteiger charge is -2.11. The number of benzene rings is 2. The van der Waals surface area contributed by atoms with E-state index in [0.29, 0.717) is 0 Å². The fourth-order valence-electron chi connectivity index (χ4n) is 2.37. The number of methoxy groups -OCH3 is 1. The van der Waals surface area contributed by atoms with Crippen molar-refractivity contribution in [2.75, 3.05) is 20.3 Å². The third-order valence-corrected chi connectivity index (χ3v) is 3.61. The van der Waals surface area contributed by atoms with Gasteiger partial charge < -0.3 is 14.8 Å². The molecule has 1 amide bonds. The van der Waals surface area contributed by atoms with Crippen LogP contribution in [0.3, 0.4) is 0 Å². The smallest absolute Gasteiger partial charge is 0.270 e. The molecule has 2 rings (SSSR count). The number of rotatable bonds is 7. The maximum absolute atomic E-state index is 12.3. The number of nitro benzene ring substituents is 1. The largest absolute Gasteiger partial charge is 0.496 e. The molecule has 0 aliphatic heterocycles. The van der Waals surface area contributed by atoms with E-state index in [-0.39, 0.29) is 30.2 Å². The zero-order valence-electron chi connectivity index (χ0n) is 14.4. The molecule has 0 spiro atoms. The Morgan fingerprint density at radius 1 is 1.16 bits per heavy atom. The van der Waals surface area contributed by atoms with Gasteiger partial charge in [-0.3, -0.25) is 14.9 Å². The number of nitrogens with zero attached hydrogens (tertiary/aromatic N) is 1. The molecular weight excluding hydrogens is 324 g/mol. The van der Waals surface area contributed by atoms with E-state index in [9.17, 15) is 14.9 Å². The number of nitro groups is 1. The number of hydrogen-bond donors (Lipinski definition) is 1. The van der Waals surface area contributed by atoms with E-state index >= 15 is 0 Å². The Bertz CT molecular complexity index is 789. The number of amides is 1. The van der Waals surface area contributed by atoms with Gasteiger partial charge in [0.25, 0.3) is 11.6 Å². The lowest BCUT2D eigenvalue weighted by Crippen LogP contribution is -2.28. The van der Waals surface area contributed by atoms with Crippen LogP contribution in [0, 0.1) is 24.0 Å². The predicted molar refractivity (Wildman–Crippen MR) is 93.4 cm³/mol. The van der Waals surface area contributed by atoms with Gasteiger partial charge in [0.1, 0.15) is 18.1 Å². The summed E-state index contributed by atoms with van der Waals surface area (Å²) in [4.78, 5) is 22.6. The van der Waals surface area contributed by atoms with Crippen LogP contribution >= 0.6 is 0 Å². The first-order valence-electron chi connectivity index (χ1n) is 7.73. The van der Waals surface area contributed by atoms with Crippen LogP contribution in [0.2, 0.25) is 0 Å². The van der Waals surface area contributed by atoms with E-state index in [0.717, 1.165) is 16.9 Å². The Morgan fingerprint density at radius 2 is 1.88 bits per heavy atom. The topological polar surface area (TPSA) is 90.7 Å². The molecule has 0 bridgehead atoms. The summed E-state index contributed by atoms with van der Waals surface area (Å²) in [5.41, 5.74) is 2.11. The molecule has 7 heteroatoms. The van der Waals surface area contributed by atoms with Crippen LogP contribution in [0.4, 0.5) is 5.69 Å². The van der Waals surface area contributed by atoms with Gasteiger partial charge in [-0.2, -0.15) is 0 Å². The van der Waals surface area contributed by atoms with Gasteiger partial charge in [0.15, 0.2) is 0 Å². The number of aryl methyl sites for hydroxylation is 2. The molecular formula is C18H20N2O5. The minimum absolute atomic E-state index is 0.114. The van der Waals surface area contributed by atoms with Crippen LogP contribution in [-0.2, 0) is 0 Å². The molecule has 0 saturated carbocycles. The normalized spacial score (nSPS) is 10.2. The second kappa shape index (κ2) is 8.14. The highest BCUT2D eigenvalue weighted by atomic mass is 16.6. The monoisotopic (exact) mass is 344 g/mol. The summed E-state index contributed by atoms with van der Waals surface area (Å²) in [6.45, 7) is 4.50. The summed E-state index contributed by atoms with van der Waals surface area (Å²) < 4.78 is 10.7. The first-order valence-corrected chi connectivity index (χ1v) is 7.73. The summed E-state index contributed by atoms with van der Waals surface area (Å²) in [5.74, 6) is 0.580. The molecule has 7 nitrogen and oxygen atoms in total. The maximum Gasteiger partial charge on any atom is 0.270 e. The van der Waals surface area contributed by atoms with Gasteiger partial charge in [-0.15, -0.1) is 0 Å². The third kappa shape index (κ3) is 4.69. The van der Waals surface area contributed by atoms with Crippen molar-refractivity contribution in [2.24, 2.45) is 0 Å². The van der Waals surface area contributed by atoms with Gasteiger partial charge in [0, 0.05) is 12.1 Å². The van der Waals surface area contributed by atoms with Crippen molar-refractivity contribution in [3.63, 3.8) is 0 Å². The summed E-state index contributed by atoms with van der Waals surface area (Å²) in [6, 6.07) is 9.74. The van der Waals surface area contributed by atoms with E-state index in [1.54, 1.807) is 0 Å². The van der Waals surface area contributed by atoms with E-state index in [4.69, 9.17) is 9.47 Å². The Labute approximate surface area is 145 Å². The average Bonchev–Trinajstić information content (AvgIpc) is 2.59. The quantitative estimate of drug-likeness (QED) is 0.474. The minimum atomic E-state index is -0.556. The van der Waals surface area contributed by atoms with E-state index in [1.165, 1.54) is 25.3 Å². The first kappa shape index (κ1) is 18.3. The molecule has 2 aromatic rings. The van der Waals surface area contributed by atoms with Crippen LogP contribution < -0.4 is 14.8 Å². The van der Waals surface area contributed by atoms with Gasteiger partial charge in [-0.05, 0) is 31.5 Å². The van der Waals surface area contributed by atoms with E-state index in [2.05, 4.69) is 5.32 Å². The number of carbonyl (C=O) groups excluding carboxylic acids is 1. The second-order valence-corrected chi connectivity index (χ2v) is 5.52. The molecule has 0 aliphatic rings. The van der Waals surface area contributed by atoms with Crippen LogP contribution in [0.15, 0.2) is 36.4 Å². The van der Waals surface area contributed by atoms with Crippen molar-refractivity contribution in [3.05, 3.63) is 63.2 Å². The van der Waals surface area contributed by atoms with Gasteiger partial charge in [-0.25, -0.2) is 0 Å². The summed E-state index contributed by atoms with van der Waals surface area (Å²) in [5, 5.41) is 13.5. The Hall–Kier alpha value is -3.09. The molecule has 0 fully saturated rings. The predicted octanol–water partition coefficient (Wildman–Crippen LogP) is 3.03. The average molecular weight is 344 g/mol. The third-order valence-electron chi connectivity index (χ3n) is 3.61. The van der Waals surface area contributed by atoms with Gasteiger partial charge in [0.2, 0.25) is 0 Å². The molecule has 1 N–H and O–H groups in total. The molecule has 25 heavy (non-hydrogen) atoms. The molecule has 132 valence electrons. The van der Waals surface area contributed by atoms with E-state index in [1.807, 2.05) is 32.0 Å². The highest BCUT2D eigenvalue weighted by molar-refractivity contribution is 5.97. The van der Waals surface area contributed by atoms with Crippen LogP contribution in [-0.4, -0.2) is 31.1 Å². The lowest BCUT2D eigenvalue weighted by atomic mass is 10.1. The van der Waals surface area contributed by atoms with Crippen LogP contribution in [0.1, 0.15) is 21.5 Å². The Morgan fingerprint density at radius 3 is 2.52 bits per heavy atom. The highest BCUT2D eigenvalue weighted by Gasteiger charge is 2.17. The number of carbonyl (C=O) groups is 1. The Balaban J connectivity index is 1.96. The number of hydrogen-bond acceptors (Lipinski definition) is 5. The lowest BCUT2D eigenvalue weighted by molar-refractivity contribution is -0.384. The van der Waals surface area contributed by atoms with Crippen molar-refractivity contribution in [3.8, 4) is 11.5 Å². The van der Waals surface area contributed by atoms with Crippen molar-refractivity contribution in [2.45, 2.75) is 13.8 Å². The van der Waals surface area contributed by atoms with Crippen molar-refractivity contribution in [1.82, 2.24) is 5.32 Å². The molecule has 0 atom stereocenters. The summed E-state index contributed by atoms with van der Waals surface area (Å²) >= 11 is 0. The van der Waals surface area contributed by atoms with Crippen molar-refractivity contribution >= 4 is 11.6 Å². The van der Waals surface area contributed by atoms with Crippen LogP contribution in [0.5, 0.6) is 11.5 Å². The first-order chi connectivity index (χ1) is 11.9. The molecule has 0 aromatic heterocycles. The van der Waals surface area contributed by atoms with E-state index < -0.39 is 10.8 Å². The van der Waals surface area contributed by atoms with Crippen LogP contribution in [0.25, 0.3) is 0 Å². The number of non-ortho nitro benzene ring substituents is 1. The molecule has 0 saturated heterocycles.